The zero-order valence-corrected chi connectivity index (χ0v) is 32.9. The second kappa shape index (κ2) is 17.0. The lowest BCUT2D eigenvalue weighted by Gasteiger charge is -2.42. The maximum Gasteiger partial charge on any atom is 0.306 e. The van der Waals surface area contributed by atoms with Crippen LogP contribution in [0.5, 0.6) is 0 Å². The smallest absolute Gasteiger partial charge is 0.306 e. The number of carbonyl (C=O) groups is 2. The molecule has 0 saturated carbocycles. The Hall–Kier alpha value is -6.40. The summed E-state index contributed by atoms with van der Waals surface area (Å²) >= 11 is 0. The van der Waals surface area contributed by atoms with E-state index in [9.17, 15) is 9.59 Å². The third kappa shape index (κ3) is 7.67. The molecule has 0 radical (unpaired) electrons. The summed E-state index contributed by atoms with van der Waals surface area (Å²) < 4.78 is 11.6. The van der Waals surface area contributed by atoms with Crippen molar-refractivity contribution in [3.8, 4) is 0 Å². The van der Waals surface area contributed by atoms with Crippen molar-refractivity contribution in [2.24, 2.45) is 0 Å². The summed E-state index contributed by atoms with van der Waals surface area (Å²) in [5, 5.41) is 4.66. The van der Waals surface area contributed by atoms with E-state index in [1.165, 1.54) is 21.9 Å². The monoisotopic (exact) mass is 764 g/mol. The van der Waals surface area contributed by atoms with Crippen molar-refractivity contribution < 1.29 is 19.1 Å². The van der Waals surface area contributed by atoms with E-state index < -0.39 is 0 Å². The van der Waals surface area contributed by atoms with Crippen LogP contribution in [0.25, 0.3) is 21.5 Å². The van der Waals surface area contributed by atoms with Crippen LogP contribution in [-0.4, -0.2) is 11.9 Å². The molecule has 5 heterocycles. The number of esters is 2. The molecule has 0 amide bonds. The van der Waals surface area contributed by atoms with Gasteiger partial charge < -0.3 is 19.3 Å². The van der Waals surface area contributed by atoms with Crippen LogP contribution in [-0.2, 0) is 45.1 Å². The molecule has 0 fully saturated rings. The Balaban J connectivity index is 1.08. The molecule has 7 aromatic rings. The predicted molar refractivity (Wildman–Crippen MR) is 235 cm³/mol. The lowest BCUT2D eigenvalue weighted by atomic mass is 9.93. The number of para-hydroxylation sites is 2. The number of ether oxygens (including phenoxy) is 2. The van der Waals surface area contributed by atoms with Crippen LogP contribution < -0.4 is 9.80 Å². The topological polar surface area (TPSA) is 59.1 Å². The molecule has 12 rings (SSSR count). The summed E-state index contributed by atoms with van der Waals surface area (Å²) in [6, 6.07) is 51.3. The first kappa shape index (κ1) is 37.2. The van der Waals surface area contributed by atoms with Gasteiger partial charge in [-0.1, -0.05) is 122 Å². The second-order valence-corrected chi connectivity index (χ2v) is 15.5. The van der Waals surface area contributed by atoms with Gasteiger partial charge in [-0.05, 0) is 108 Å². The van der Waals surface area contributed by atoms with E-state index in [0.717, 1.165) is 107 Å². The van der Waals surface area contributed by atoms with Gasteiger partial charge in [-0.2, -0.15) is 0 Å². The van der Waals surface area contributed by atoms with E-state index in [4.69, 9.17) is 9.47 Å². The summed E-state index contributed by atoms with van der Waals surface area (Å²) in [5.74, 6) is -0.309. The van der Waals surface area contributed by atoms with Crippen molar-refractivity contribution in [2.45, 2.75) is 77.4 Å². The highest BCUT2D eigenvalue weighted by molar-refractivity contribution is 6.25. The molecule has 0 atom stereocenters. The molecule has 6 nitrogen and oxygen atoms in total. The lowest BCUT2D eigenvalue weighted by molar-refractivity contribution is -0.146. The Morgan fingerprint density at radius 1 is 0.362 bits per heavy atom. The molecule has 5 aliphatic heterocycles. The average molecular weight is 765 g/mol. The number of rotatable bonds is 0. The van der Waals surface area contributed by atoms with Gasteiger partial charge in [-0.25, -0.2) is 0 Å². The number of anilines is 6. The summed E-state index contributed by atoms with van der Waals surface area (Å²) in [7, 11) is 0. The van der Waals surface area contributed by atoms with Crippen molar-refractivity contribution in [3.63, 3.8) is 0 Å². The molecule has 6 bridgehead atoms. The van der Waals surface area contributed by atoms with E-state index in [2.05, 4.69) is 155 Å². The van der Waals surface area contributed by atoms with Gasteiger partial charge in [0.2, 0.25) is 0 Å². The Morgan fingerprint density at radius 2 is 0.724 bits per heavy atom. The molecule has 5 aliphatic rings. The van der Waals surface area contributed by atoms with E-state index in [1.54, 1.807) is 0 Å². The van der Waals surface area contributed by atoms with Crippen LogP contribution in [0.2, 0.25) is 0 Å². The highest BCUT2D eigenvalue weighted by atomic mass is 16.5. The summed E-state index contributed by atoms with van der Waals surface area (Å²) in [6.45, 7) is 0.492. The van der Waals surface area contributed by atoms with Crippen LogP contribution in [0.1, 0.15) is 73.6 Å². The number of hydrogen-bond donors (Lipinski definition) is 0. The van der Waals surface area contributed by atoms with Gasteiger partial charge in [0, 0.05) is 35.0 Å². The zero-order valence-electron chi connectivity index (χ0n) is 32.9. The lowest BCUT2D eigenvalue weighted by Crippen LogP contribution is -2.24. The maximum atomic E-state index is 12.8. The zero-order chi connectivity index (χ0) is 39.3. The SMILES string of the molecule is O=C1CCCCCc2ccccc2CCCCCC(=O)OCc2ccc(cc2)N2c3ccccc3N(c3ccc(cc3)CO1)c1c2c2ccccc2c2ccccc12. The summed E-state index contributed by atoms with van der Waals surface area (Å²) in [5.41, 5.74) is 11.0. The van der Waals surface area contributed by atoms with E-state index in [0.29, 0.717) is 12.8 Å². The third-order valence-electron chi connectivity index (χ3n) is 11.7. The van der Waals surface area contributed by atoms with Crippen molar-refractivity contribution in [2.75, 3.05) is 9.80 Å². The molecule has 0 unspecified atom stereocenters. The molecule has 7 aromatic carbocycles. The largest absolute Gasteiger partial charge is 0.461 e. The second-order valence-electron chi connectivity index (χ2n) is 15.5. The standard InChI is InChI=1S/C52H48N2O4/c55-49-25-5-1-3-15-39-17-7-8-18-40(39)16-4-2-6-26-50(56)58-36-38-29-33-42(34-30-38)54-48-24-14-13-23-47(48)53(41-31-27-37(28-32-41)35-57-49)51-45-21-11-9-19-43(45)44-20-10-12-22-46(44)52(51)54/h7-14,17-24,27-34H,1-6,15-16,25-26,35-36H2. The van der Waals surface area contributed by atoms with Crippen LogP contribution in [0.15, 0.2) is 146 Å². The van der Waals surface area contributed by atoms with E-state index >= 15 is 0 Å². The molecule has 58 heavy (non-hydrogen) atoms. The summed E-state index contributed by atoms with van der Waals surface area (Å²) in [6.07, 6.45) is 8.49. The van der Waals surface area contributed by atoms with Gasteiger partial charge in [0.15, 0.2) is 0 Å². The Labute approximate surface area is 340 Å². The molecule has 6 heteroatoms. The number of fused-ring (bicyclic) bond motifs is 5. The van der Waals surface area contributed by atoms with Crippen molar-refractivity contribution in [1.82, 2.24) is 0 Å². The Morgan fingerprint density at radius 3 is 1.16 bits per heavy atom. The number of nitrogens with zero attached hydrogens (tertiary/aromatic N) is 2. The van der Waals surface area contributed by atoms with Crippen molar-refractivity contribution in [1.29, 1.82) is 0 Å². The highest BCUT2D eigenvalue weighted by Crippen LogP contribution is 2.58. The number of benzene rings is 7. The molecule has 0 spiro atoms. The Bertz CT molecular complexity index is 2400. The minimum atomic E-state index is -0.154. The molecular weight excluding hydrogens is 717 g/mol. The minimum absolute atomic E-state index is 0.154. The predicted octanol–water partition coefficient (Wildman–Crippen LogP) is 13.3. The fourth-order valence-corrected chi connectivity index (χ4v) is 8.70. The molecule has 290 valence electrons. The molecule has 0 aliphatic carbocycles. The first-order chi connectivity index (χ1) is 28.6. The first-order valence-electron chi connectivity index (χ1n) is 20.8. The van der Waals surface area contributed by atoms with E-state index in [1.807, 2.05) is 0 Å². The number of hydrogen-bond acceptors (Lipinski definition) is 6. The number of carbonyl (C=O) groups excluding carboxylic acids is 2. The highest BCUT2D eigenvalue weighted by Gasteiger charge is 2.34. The molecule has 0 N–H and O–H groups in total. The fraction of sp³-hybridized carbons (Fsp3) is 0.231. The number of aryl methyl sites for hydroxylation is 2. The van der Waals surface area contributed by atoms with Gasteiger partial charge in [0.05, 0.1) is 22.7 Å². The first-order valence-corrected chi connectivity index (χ1v) is 20.8. The normalized spacial score (nSPS) is 15.7. The van der Waals surface area contributed by atoms with Crippen LogP contribution >= 0.6 is 0 Å². The molecule has 0 aromatic heterocycles. The fourth-order valence-electron chi connectivity index (χ4n) is 8.70. The van der Waals surface area contributed by atoms with Crippen LogP contribution in [0, 0.1) is 0 Å². The Kier molecular flexibility index (Phi) is 10.9. The summed E-state index contributed by atoms with van der Waals surface area (Å²) in [4.78, 5) is 30.4. The maximum absolute atomic E-state index is 12.8. The van der Waals surface area contributed by atoms with Gasteiger partial charge >= 0.3 is 11.9 Å². The van der Waals surface area contributed by atoms with Crippen molar-refractivity contribution >= 4 is 67.6 Å². The third-order valence-corrected chi connectivity index (χ3v) is 11.7. The van der Waals surface area contributed by atoms with Crippen LogP contribution in [0.3, 0.4) is 0 Å². The van der Waals surface area contributed by atoms with Crippen molar-refractivity contribution in [3.05, 3.63) is 168 Å². The quantitative estimate of drug-likeness (QED) is 0.113. The molecular formula is C52H48N2O4. The van der Waals surface area contributed by atoms with Gasteiger partial charge in [0.1, 0.15) is 13.2 Å². The average Bonchev–Trinajstić information content (AvgIpc) is 3.27. The van der Waals surface area contributed by atoms with Gasteiger partial charge in [-0.3, -0.25) is 9.59 Å². The van der Waals surface area contributed by atoms with Crippen LogP contribution in [0.4, 0.5) is 34.1 Å². The molecule has 0 saturated heterocycles. The van der Waals surface area contributed by atoms with Gasteiger partial charge in [0.25, 0.3) is 0 Å². The van der Waals surface area contributed by atoms with Gasteiger partial charge in [-0.15, -0.1) is 0 Å². The minimum Gasteiger partial charge on any atom is -0.461 e. The van der Waals surface area contributed by atoms with E-state index in [-0.39, 0.29) is 25.2 Å².